The molecule has 0 aliphatic carbocycles. The second-order valence-corrected chi connectivity index (χ2v) is 9.02. The monoisotopic (exact) mass is 468 g/mol. The molecular weight excluding hydrogens is 428 g/mol. The summed E-state index contributed by atoms with van der Waals surface area (Å²) >= 11 is 0. The zero-order valence-corrected chi connectivity index (χ0v) is 20.8. The highest BCUT2D eigenvalue weighted by Crippen LogP contribution is 2.22. The molecule has 0 saturated carbocycles. The lowest BCUT2D eigenvalue weighted by atomic mass is 10.1. The number of nitrogens with zero attached hydrogens (tertiary/aromatic N) is 2. The number of morpholine rings is 1. The van der Waals surface area contributed by atoms with Crippen molar-refractivity contribution in [3.05, 3.63) is 54.1 Å². The lowest BCUT2D eigenvalue weighted by molar-refractivity contribution is -0.142. The summed E-state index contributed by atoms with van der Waals surface area (Å²) < 4.78 is 16.8. The van der Waals surface area contributed by atoms with E-state index in [-0.39, 0.29) is 5.97 Å². The molecule has 1 fully saturated rings. The van der Waals surface area contributed by atoms with Crippen LogP contribution in [0.4, 0.5) is 11.4 Å². The van der Waals surface area contributed by atoms with E-state index in [0.717, 1.165) is 82.0 Å². The van der Waals surface area contributed by atoms with Crippen LogP contribution in [0.25, 0.3) is 0 Å². The average molecular weight is 469 g/mol. The molecule has 0 N–H and O–H groups in total. The van der Waals surface area contributed by atoms with Gasteiger partial charge < -0.3 is 24.0 Å². The molecule has 3 rings (SSSR count). The maximum atomic E-state index is 12.0. The Morgan fingerprint density at radius 2 is 1.59 bits per heavy atom. The molecule has 34 heavy (non-hydrogen) atoms. The van der Waals surface area contributed by atoms with Gasteiger partial charge >= 0.3 is 5.97 Å². The molecule has 6 heteroatoms. The highest BCUT2D eigenvalue weighted by molar-refractivity contribution is 5.72. The lowest BCUT2D eigenvalue weighted by Crippen LogP contribution is -2.36. The highest BCUT2D eigenvalue weighted by atomic mass is 16.5. The third kappa shape index (κ3) is 9.26. The molecule has 2 aromatic carbocycles. The zero-order valence-electron chi connectivity index (χ0n) is 20.8. The molecule has 0 unspecified atom stereocenters. The van der Waals surface area contributed by atoms with E-state index in [4.69, 9.17) is 14.2 Å². The van der Waals surface area contributed by atoms with Crippen molar-refractivity contribution in [2.45, 2.75) is 44.9 Å². The summed E-state index contributed by atoms with van der Waals surface area (Å²) in [5.74, 6) is 0.798. The minimum absolute atomic E-state index is 0.146. The number of rotatable bonds is 14. The summed E-state index contributed by atoms with van der Waals surface area (Å²) in [6.07, 6.45) is 6.92. The number of carbonyl (C=O) groups is 1. The molecule has 2 aromatic rings. The summed E-state index contributed by atoms with van der Waals surface area (Å²) in [6, 6.07) is 16.4. The maximum Gasteiger partial charge on any atom is 0.310 e. The number of ether oxygens (including phenoxy) is 3. The third-order valence-corrected chi connectivity index (χ3v) is 6.07. The van der Waals surface area contributed by atoms with Crippen molar-refractivity contribution >= 4 is 17.3 Å². The normalized spacial score (nSPS) is 13.5. The number of hydrogen-bond donors (Lipinski definition) is 0. The van der Waals surface area contributed by atoms with Crippen molar-refractivity contribution in [2.24, 2.45) is 0 Å². The van der Waals surface area contributed by atoms with Crippen molar-refractivity contribution in [1.29, 1.82) is 0 Å². The summed E-state index contributed by atoms with van der Waals surface area (Å²) in [4.78, 5) is 16.4. The summed E-state index contributed by atoms with van der Waals surface area (Å²) in [6.45, 7) is 4.72. The van der Waals surface area contributed by atoms with Gasteiger partial charge in [-0.05, 0) is 42.7 Å². The summed E-state index contributed by atoms with van der Waals surface area (Å²) in [5.41, 5.74) is 3.33. The number of hydrogen-bond acceptors (Lipinski definition) is 6. The Hall–Kier alpha value is -2.73. The van der Waals surface area contributed by atoms with Crippen LogP contribution < -0.4 is 14.5 Å². The number of anilines is 2. The first-order valence-electron chi connectivity index (χ1n) is 12.6. The topological polar surface area (TPSA) is 51.2 Å². The van der Waals surface area contributed by atoms with E-state index in [1.165, 1.54) is 12.1 Å². The van der Waals surface area contributed by atoms with Gasteiger partial charge in [0.1, 0.15) is 5.75 Å². The van der Waals surface area contributed by atoms with Gasteiger partial charge in [-0.1, -0.05) is 43.9 Å². The molecule has 6 nitrogen and oxygen atoms in total. The van der Waals surface area contributed by atoms with Crippen LogP contribution in [0.3, 0.4) is 0 Å². The van der Waals surface area contributed by atoms with Crippen LogP contribution >= 0.6 is 0 Å². The molecule has 1 saturated heterocycles. The molecule has 1 heterocycles. The fourth-order valence-electron chi connectivity index (χ4n) is 4.01. The van der Waals surface area contributed by atoms with Crippen LogP contribution in [0.2, 0.25) is 0 Å². The Morgan fingerprint density at radius 1 is 0.912 bits per heavy atom. The smallest absolute Gasteiger partial charge is 0.310 e. The van der Waals surface area contributed by atoms with Crippen LogP contribution in [-0.4, -0.2) is 59.6 Å². The molecule has 1 aliphatic heterocycles. The van der Waals surface area contributed by atoms with Crippen molar-refractivity contribution in [1.82, 2.24) is 0 Å². The SMILES string of the molecule is CN(C)c1ccc(CC(=O)OCCCCCCCCOc2cccc(N3CCOCC3)c2)cc1. The highest BCUT2D eigenvalue weighted by Gasteiger charge is 2.11. The predicted octanol–water partition coefficient (Wildman–Crippen LogP) is 5.09. The number of esters is 1. The Kier molecular flexibility index (Phi) is 11.0. The predicted molar refractivity (Wildman–Crippen MR) is 138 cm³/mol. The van der Waals surface area contributed by atoms with Gasteiger partial charge in [0.2, 0.25) is 0 Å². The van der Waals surface area contributed by atoms with E-state index < -0.39 is 0 Å². The number of carbonyl (C=O) groups excluding carboxylic acids is 1. The molecule has 186 valence electrons. The van der Waals surface area contributed by atoms with Gasteiger partial charge in [0.05, 0.1) is 32.8 Å². The Labute approximate surface area is 204 Å². The Bertz CT molecular complexity index is 848. The van der Waals surface area contributed by atoms with Crippen molar-refractivity contribution in [3.63, 3.8) is 0 Å². The summed E-state index contributed by atoms with van der Waals surface area (Å²) in [5, 5.41) is 0. The summed E-state index contributed by atoms with van der Waals surface area (Å²) in [7, 11) is 4.01. The largest absolute Gasteiger partial charge is 0.494 e. The first-order chi connectivity index (χ1) is 16.6. The van der Waals surface area contributed by atoms with Crippen molar-refractivity contribution < 1.29 is 19.0 Å². The molecule has 0 bridgehead atoms. The first-order valence-corrected chi connectivity index (χ1v) is 12.6. The van der Waals surface area contributed by atoms with Gasteiger partial charge in [-0.2, -0.15) is 0 Å². The van der Waals surface area contributed by atoms with E-state index in [0.29, 0.717) is 13.0 Å². The molecule has 0 aromatic heterocycles. The van der Waals surface area contributed by atoms with Gasteiger partial charge in [0.15, 0.2) is 0 Å². The molecule has 1 aliphatic rings. The number of unbranched alkanes of at least 4 members (excludes halogenated alkanes) is 5. The van der Waals surface area contributed by atoms with Crippen molar-refractivity contribution in [3.8, 4) is 5.75 Å². The van der Waals surface area contributed by atoms with Gasteiger partial charge in [0.25, 0.3) is 0 Å². The van der Waals surface area contributed by atoms with Crippen LogP contribution in [0, 0.1) is 0 Å². The lowest BCUT2D eigenvalue weighted by Gasteiger charge is -2.29. The van der Waals surface area contributed by atoms with E-state index in [1.54, 1.807) is 0 Å². The molecular formula is C28H40N2O4. The fraction of sp³-hybridized carbons (Fsp3) is 0.536. The quantitative estimate of drug-likeness (QED) is 0.284. The van der Waals surface area contributed by atoms with Crippen LogP contribution in [-0.2, 0) is 20.7 Å². The third-order valence-electron chi connectivity index (χ3n) is 6.07. The minimum Gasteiger partial charge on any atom is -0.494 e. The van der Waals surface area contributed by atoms with Crippen LogP contribution in [0.1, 0.15) is 44.1 Å². The zero-order chi connectivity index (χ0) is 24.0. The molecule has 0 spiro atoms. The van der Waals surface area contributed by atoms with E-state index in [9.17, 15) is 4.79 Å². The first kappa shape index (κ1) is 25.9. The van der Waals surface area contributed by atoms with Gasteiger partial charge in [-0.25, -0.2) is 0 Å². The number of benzene rings is 2. The van der Waals surface area contributed by atoms with E-state index >= 15 is 0 Å². The second kappa shape index (κ2) is 14.5. The van der Waals surface area contributed by atoms with Crippen LogP contribution in [0.15, 0.2) is 48.5 Å². The molecule has 0 radical (unpaired) electrons. The Morgan fingerprint density at radius 3 is 2.29 bits per heavy atom. The maximum absolute atomic E-state index is 12.0. The Balaban J connectivity index is 1.17. The van der Waals surface area contributed by atoms with Gasteiger partial charge in [0, 0.05) is 44.6 Å². The average Bonchev–Trinajstić information content (AvgIpc) is 2.86. The van der Waals surface area contributed by atoms with Gasteiger partial charge in [-0.3, -0.25) is 4.79 Å². The fourth-order valence-corrected chi connectivity index (χ4v) is 4.01. The second-order valence-electron chi connectivity index (χ2n) is 9.02. The van der Waals surface area contributed by atoms with Crippen molar-refractivity contribution in [2.75, 3.05) is 63.4 Å². The molecule has 0 amide bonds. The van der Waals surface area contributed by atoms with E-state index in [2.05, 4.69) is 23.1 Å². The van der Waals surface area contributed by atoms with Crippen LogP contribution in [0.5, 0.6) is 5.75 Å². The molecule has 0 atom stereocenters. The standard InChI is InChI=1S/C28H40N2O4/c1-29(2)25-14-12-24(13-15-25)22-28(31)34-19-8-6-4-3-5-7-18-33-27-11-9-10-26(23-27)30-16-20-32-21-17-30/h9-15,23H,3-8,16-22H2,1-2H3. The van der Waals surface area contributed by atoms with E-state index in [1.807, 2.05) is 49.3 Å². The van der Waals surface area contributed by atoms with Gasteiger partial charge in [-0.15, -0.1) is 0 Å². The minimum atomic E-state index is -0.146.